The van der Waals surface area contributed by atoms with Gasteiger partial charge in [-0.3, -0.25) is 0 Å². The van der Waals surface area contributed by atoms with Crippen molar-refractivity contribution in [2.75, 3.05) is 0 Å². The fourth-order valence-corrected chi connectivity index (χ4v) is 1.09. The molecule has 14 heavy (non-hydrogen) atoms. The molecular formula is C6CoFeN6. The van der Waals surface area contributed by atoms with Crippen molar-refractivity contribution >= 4 is 0 Å². The van der Waals surface area contributed by atoms with Crippen LogP contribution in [0.5, 0.6) is 0 Å². The molecule has 0 saturated heterocycles. The topological polar surface area (TPSA) is 143 Å². The molecule has 0 aliphatic heterocycles. The normalized spacial score (nSPS) is 12.4. The van der Waals surface area contributed by atoms with Crippen molar-refractivity contribution < 1.29 is 27.5 Å². The summed E-state index contributed by atoms with van der Waals surface area (Å²) in [4.78, 5) is 6.19. The SMILES string of the molecule is N#[C][Fe-4]([C]#N)([C]#N)([C]#N)([C]#N)[C]#N.[Co+4]. The summed E-state index contributed by atoms with van der Waals surface area (Å²) in [5, 5.41) is 51.5. The quantitative estimate of drug-likeness (QED) is 0.571. The van der Waals surface area contributed by atoms with Gasteiger partial charge in [-0.15, -0.1) is 0 Å². The Kier molecular flexibility index (Phi) is 3.13. The average Bonchev–Trinajstić information content (AvgIpc) is 2.26. The maximum Gasteiger partial charge on any atom is 4.00 e. The van der Waals surface area contributed by atoms with Gasteiger partial charge < -0.3 is 0 Å². The minimum atomic E-state index is -6.17. The van der Waals surface area contributed by atoms with Gasteiger partial charge in [0.2, 0.25) is 0 Å². The van der Waals surface area contributed by atoms with E-state index in [0.29, 0.717) is 0 Å². The van der Waals surface area contributed by atoms with Crippen LogP contribution in [0, 0.1) is 61.4 Å². The fourth-order valence-electron chi connectivity index (χ4n) is 0.265. The summed E-state index contributed by atoms with van der Waals surface area (Å²) in [5.41, 5.74) is 0. The predicted molar refractivity (Wildman–Crippen MR) is 33.7 cm³/mol. The predicted octanol–water partition coefficient (Wildman–Crippen LogP) is 0.0957. The van der Waals surface area contributed by atoms with E-state index in [1.54, 1.807) is 0 Å². The smallest absolute Gasteiger partial charge is 4.00 e. The van der Waals surface area contributed by atoms with Crippen molar-refractivity contribution in [1.82, 2.24) is 0 Å². The first kappa shape index (κ1) is 14.5. The second-order valence-electron chi connectivity index (χ2n) is 1.80. The number of rotatable bonds is 0. The summed E-state index contributed by atoms with van der Waals surface area (Å²) >= 11 is 0. The first-order valence-electron chi connectivity index (χ1n) is 2.40. The van der Waals surface area contributed by atoms with Crippen LogP contribution in [0.4, 0.5) is 0 Å². The molecule has 8 heteroatoms. The van der Waals surface area contributed by atoms with E-state index in [2.05, 4.69) is 0 Å². The van der Waals surface area contributed by atoms with Crippen LogP contribution < -0.4 is 0 Å². The Balaban J connectivity index is 0. The molecule has 0 aromatic carbocycles. The molecule has 0 amide bonds. The van der Waals surface area contributed by atoms with Gasteiger partial charge in [-0.25, -0.2) is 0 Å². The minimum Gasteiger partial charge on any atom is 4.00 e. The molecule has 1 radical (unpaired) electrons. The average molecular weight is 271 g/mol. The number of nitriles is 6. The van der Waals surface area contributed by atoms with Crippen molar-refractivity contribution in [1.29, 1.82) is 31.6 Å². The Morgan fingerprint density at radius 2 is 0.643 bits per heavy atom. The zero-order valence-corrected chi connectivity index (χ0v) is 8.52. The van der Waals surface area contributed by atoms with E-state index in [1.807, 2.05) is 0 Å². The monoisotopic (exact) mass is 271 g/mol. The molecule has 0 unspecified atom stereocenters. The van der Waals surface area contributed by atoms with Crippen LogP contribution in [-0.4, -0.2) is 0 Å². The minimum absolute atomic E-state index is 0. The molecule has 0 aliphatic rings. The molecule has 0 atom stereocenters. The van der Waals surface area contributed by atoms with Gasteiger partial charge in [-0.2, -0.15) is 0 Å². The summed E-state index contributed by atoms with van der Waals surface area (Å²) in [7, 11) is -6.17. The van der Waals surface area contributed by atoms with Gasteiger partial charge >= 0.3 is 88.9 Å². The van der Waals surface area contributed by atoms with Gasteiger partial charge in [0.25, 0.3) is 0 Å². The second-order valence-corrected chi connectivity index (χ2v) is 7.42. The third-order valence-electron chi connectivity index (χ3n) is 1.19. The summed E-state index contributed by atoms with van der Waals surface area (Å²) in [6.07, 6.45) is 0. The van der Waals surface area contributed by atoms with Gasteiger partial charge in [-0.1, -0.05) is 0 Å². The fraction of sp³-hybridized carbons (Fsp3) is 0. The van der Waals surface area contributed by atoms with Crippen LogP contribution >= 0.6 is 0 Å². The maximum absolute atomic E-state index is 8.58. The van der Waals surface area contributed by atoms with E-state index >= 15 is 0 Å². The number of hydrogen-bond acceptors (Lipinski definition) is 6. The van der Waals surface area contributed by atoms with Crippen LogP contribution in [0.15, 0.2) is 0 Å². The summed E-state index contributed by atoms with van der Waals surface area (Å²) in [6, 6.07) is 0. The number of nitrogens with zero attached hydrogens (tertiary/aromatic N) is 6. The van der Waals surface area contributed by atoms with Crippen molar-refractivity contribution in [3.63, 3.8) is 0 Å². The van der Waals surface area contributed by atoms with Crippen molar-refractivity contribution in [2.24, 2.45) is 0 Å². The van der Waals surface area contributed by atoms with Crippen LogP contribution in [0.1, 0.15) is 0 Å². The van der Waals surface area contributed by atoms with Crippen molar-refractivity contribution in [2.45, 2.75) is 0 Å². The van der Waals surface area contributed by atoms with E-state index in [-0.39, 0.29) is 16.8 Å². The van der Waals surface area contributed by atoms with E-state index < -0.39 is 10.7 Å². The largest absolute Gasteiger partial charge is 4.00 e. The molecule has 0 aromatic rings. The van der Waals surface area contributed by atoms with Gasteiger partial charge in [0.1, 0.15) is 0 Å². The van der Waals surface area contributed by atoms with Crippen LogP contribution in [0.3, 0.4) is 0 Å². The van der Waals surface area contributed by atoms with Gasteiger partial charge in [0.15, 0.2) is 0 Å². The molecule has 6 nitrogen and oxygen atoms in total. The molecular weight excluding hydrogens is 271 g/mol. The Morgan fingerprint density at radius 1 is 0.500 bits per heavy atom. The summed E-state index contributed by atoms with van der Waals surface area (Å²) in [5.74, 6) is 0. The standard InChI is InChI=1S/6CN.Co.Fe/c6*1-2;;/q;;;;;;+4;-4. The van der Waals surface area contributed by atoms with E-state index in [1.165, 1.54) is 0 Å². The molecule has 0 rings (SSSR count). The zero-order valence-electron chi connectivity index (χ0n) is 6.37. The van der Waals surface area contributed by atoms with Crippen molar-refractivity contribution in [3.8, 4) is 29.8 Å². The molecule has 0 aliphatic carbocycles. The Hall–Kier alpha value is -2.03. The van der Waals surface area contributed by atoms with Crippen LogP contribution in [0.25, 0.3) is 0 Å². The maximum atomic E-state index is 8.58. The summed E-state index contributed by atoms with van der Waals surface area (Å²) < 4.78 is 0. The first-order chi connectivity index (χ1) is 5.97. The summed E-state index contributed by atoms with van der Waals surface area (Å²) in [6.45, 7) is 0. The molecule has 71 valence electrons. The third kappa shape index (κ3) is 1.02. The molecule has 0 bridgehead atoms. The molecule has 0 heterocycles. The third-order valence-corrected chi connectivity index (χ3v) is 4.89. The van der Waals surface area contributed by atoms with E-state index in [4.69, 9.17) is 31.6 Å². The van der Waals surface area contributed by atoms with Crippen molar-refractivity contribution in [3.05, 3.63) is 0 Å². The van der Waals surface area contributed by atoms with E-state index in [0.717, 1.165) is 29.8 Å². The Labute approximate surface area is 88.9 Å². The molecule has 0 saturated carbocycles. The molecule has 0 fully saturated rings. The Bertz CT molecular complexity index is 392. The van der Waals surface area contributed by atoms with E-state index in [9.17, 15) is 0 Å². The van der Waals surface area contributed by atoms with Crippen LogP contribution in [0.2, 0.25) is 0 Å². The van der Waals surface area contributed by atoms with Crippen LogP contribution in [-0.2, 0) is 27.5 Å². The van der Waals surface area contributed by atoms with Gasteiger partial charge in [0.05, 0.1) is 0 Å². The van der Waals surface area contributed by atoms with Gasteiger partial charge in [0, 0.05) is 0 Å². The molecule has 0 spiro atoms. The first-order valence-corrected chi connectivity index (χ1v) is 5.71. The zero-order chi connectivity index (χ0) is 10.7. The van der Waals surface area contributed by atoms with Gasteiger partial charge in [-0.05, 0) is 0 Å². The molecule has 0 N–H and O–H groups in total. The number of hydrogen-bond donors (Lipinski definition) is 0. The molecule has 0 aromatic heterocycles. The Morgan fingerprint density at radius 3 is 0.643 bits per heavy atom. The second kappa shape index (κ2) is 3.03.